The van der Waals surface area contributed by atoms with E-state index in [9.17, 15) is 4.79 Å². The van der Waals surface area contributed by atoms with Gasteiger partial charge < -0.3 is 10.5 Å². The van der Waals surface area contributed by atoms with Crippen LogP contribution >= 0.6 is 15.9 Å². The van der Waals surface area contributed by atoms with Crippen molar-refractivity contribution in [3.8, 4) is 0 Å². The van der Waals surface area contributed by atoms with E-state index in [1.807, 2.05) is 0 Å². The van der Waals surface area contributed by atoms with Crippen LogP contribution < -0.4 is 5.73 Å². The lowest BCUT2D eigenvalue weighted by Gasteiger charge is -2.05. The summed E-state index contributed by atoms with van der Waals surface area (Å²) in [6.07, 6.45) is 3.16. The normalized spacial score (nSPS) is 10.9. The average Bonchev–Trinajstić information content (AvgIpc) is 3.03. The van der Waals surface area contributed by atoms with Crippen molar-refractivity contribution in [2.75, 3.05) is 20.3 Å². The number of carbonyl (C=O) groups excluding carboxylic acids is 1. The highest BCUT2D eigenvalue weighted by molar-refractivity contribution is 9.10. The van der Waals surface area contributed by atoms with E-state index in [2.05, 4.69) is 31.3 Å². The van der Waals surface area contributed by atoms with Crippen LogP contribution in [0.3, 0.4) is 0 Å². The summed E-state index contributed by atoms with van der Waals surface area (Å²) in [5.74, 6) is -0.242. The van der Waals surface area contributed by atoms with Crippen molar-refractivity contribution in [2.24, 2.45) is 5.73 Å². The molecular weight excluding hydrogens is 328 g/mol. The number of carbonyl (C=O) groups is 1. The van der Waals surface area contributed by atoms with Gasteiger partial charge in [-0.3, -0.25) is 14.2 Å². The molecule has 0 radical (unpaired) electrons. The number of ether oxygens (including phenoxy) is 1. The van der Waals surface area contributed by atoms with E-state index in [1.165, 1.54) is 4.68 Å². The molecule has 2 N–H and O–H groups in total. The molecule has 0 atom stereocenters. The third-order valence-electron chi connectivity index (χ3n) is 2.65. The van der Waals surface area contributed by atoms with Gasteiger partial charge in [-0.1, -0.05) is 5.21 Å². The number of aromatic nitrogens is 5. The Balaban J connectivity index is 2.25. The number of methoxy groups -OCH3 is 1. The second-order valence-electron chi connectivity index (χ2n) is 4.04. The van der Waals surface area contributed by atoms with Crippen molar-refractivity contribution in [3.05, 3.63) is 28.3 Å². The van der Waals surface area contributed by atoms with Crippen LogP contribution in [-0.2, 0) is 17.8 Å². The van der Waals surface area contributed by atoms with Gasteiger partial charge in [0.15, 0.2) is 5.69 Å². The van der Waals surface area contributed by atoms with Crippen LogP contribution in [0, 0.1) is 0 Å². The van der Waals surface area contributed by atoms with E-state index < -0.39 is 0 Å². The maximum absolute atomic E-state index is 12.5. The van der Waals surface area contributed by atoms with Crippen molar-refractivity contribution < 1.29 is 9.53 Å². The van der Waals surface area contributed by atoms with Crippen molar-refractivity contribution in [2.45, 2.75) is 13.1 Å². The SMILES string of the molecule is COCCn1ncc(Br)c1C(=O)c1cn(CCN)nn1. The van der Waals surface area contributed by atoms with Gasteiger partial charge in [0.1, 0.15) is 5.69 Å². The molecule has 0 aliphatic carbocycles. The van der Waals surface area contributed by atoms with E-state index >= 15 is 0 Å². The topological polar surface area (TPSA) is 101 Å². The zero-order valence-electron chi connectivity index (χ0n) is 11.0. The molecule has 0 spiro atoms. The molecule has 0 aliphatic heterocycles. The monoisotopic (exact) mass is 342 g/mol. The number of nitrogens with zero attached hydrogens (tertiary/aromatic N) is 5. The van der Waals surface area contributed by atoms with Gasteiger partial charge in [0.2, 0.25) is 5.78 Å². The van der Waals surface area contributed by atoms with E-state index in [4.69, 9.17) is 10.5 Å². The third-order valence-corrected chi connectivity index (χ3v) is 3.23. The Hall–Kier alpha value is -1.58. The van der Waals surface area contributed by atoms with Crippen molar-refractivity contribution in [3.63, 3.8) is 0 Å². The maximum atomic E-state index is 12.5. The fraction of sp³-hybridized carbons (Fsp3) is 0.455. The fourth-order valence-corrected chi connectivity index (χ4v) is 2.18. The minimum Gasteiger partial charge on any atom is -0.383 e. The van der Waals surface area contributed by atoms with Gasteiger partial charge in [0.05, 0.1) is 36.6 Å². The summed E-state index contributed by atoms with van der Waals surface area (Å²) in [4.78, 5) is 12.5. The Bertz CT molecular complexity index is 594. The predicted octanol–water partition coefficient (Wildman–Crippen LogP) is 0.0732. The van der Waals surface area contributed by atoms with Gasteiger partial charge in [0, 0.05) is 13.7 Å². The highest BCUT2D eigenvalue weighted by atomic mass is 79.9. The molecule has 8 nitrogen and oxygen atoms in total. The molecule has 0 saturated carbocycles. The summed E-state index contributed by atoms with van der Waals surface area (Å²) in [6.45, 7) is 1.91. The predicted molar refractivity (Wildman–Crippen MR) is 74.3 cm³/mol. The van der Waals surface area contributed by atoms with Crippen molar-refractivity contribution >= 4 is 21.7 Å². The molecule has 0 aliphatic rings. The summed E-state index contributed by atoms with van der Waals surface area (Å²) in [7, 11) is 1.60. The lowest BCUT2D eigenvalue weighted by Crippen LogP contribution is -2.15. The van der Waals surface area contributed by atoms with E-state index in [-0.39, 0.29) is 11.5 Å². The standard InChI is InChI=1S/C11H15BrN6O2/c1-20-5-4-18-10(8(12)6-14-18)11(19)9-7-17(3-2-13)16-15-9/h6-7H,2-5,13H2,1H3. The van der Waals surface area contributed by atoms with Crippen LogP contribution in [0.1, 0.15) is 16.2 Å². The Morgan fingerprint density at radius 3 is 3.00 bits per heavy atom. The molecule has 20 heavy (non-hydrogen) atoms. The van der Waals surface area contributed by atoms with Crippen LogP contribution in [0.25, 0.3) is 0 Å². The maximum Gasteiger partial charge on any atom is 0.234 e. The molecule has 0 fully saturated rings. The van der Waals surface area contributed by atoms with Gasteiger partial charge >= 0.3 is 0 Å². The summed E-state index contributed by atoms with van der Waals surface area (Å²) >= 11 is 3.32. The van der Waals surface area contributed by atoms with Gasteiger partial charge in [-0.2, -0.15) is 5.10 Å². The zero-order chi connectivity index (χ0) is 14.5. The minimum atomic E-state index is -0.242. The third kappa shape index (κ3) is 3.11. The van der Waals surface area contributed by atoms with Crippen LogP contribution in [0.5, 0.6) is 0 Å². The molecule has 2 aromatic rings. The molecule has 2 rings (SSSR count). The fourth-order valence-electron chi connectivity index (χ4n) is 1.70. The lowest BCUT2D eigenvalue weighted by atomic mass is 10.2. The molecule has 108 valence electrons. The molecule has 0 aromatic carbocycles. The van der Waals surface area contributed by atoms with E-state index in [0.29, 0.717) is 36.4 Å². The Morgan fingerprint density at radius 2 is 2.30 bits per heavy atom. The average molecular weight is 343 g/mol. The Morgan fingerprint density at radius 1 is 1.50 bits per heavy atom. The molecule has 2 heterocycles. The lowest BCUT2D eigenvalue weighted by molar-refractivity contribution is 0.102. The van der Waals surface area contributed by atoms with Gasteiger partial charge in [-0.05, 0) is 15.9 Å². The summed E-state index contributed by atoms with van der Waals surface area (Å²) in [6, 6.07) is 0. The van der Waals surface area contributed by atoms with Gasteiger partial charge in [-0.15, -0.1) is 5.10 Å². The van der Waals surface area contributed by atoms with Crippen LogP contribution in [-0.4, -0.2) is 50.8 Å². The first kappa shape index (κ1) is 14.8. The number of hydrogen-bond donors (Lipinski definition) is 1. The molecule has 0 amide bonds. The first-order valence-electron chi connectivity index (χ1n) is 6.02. The summed E-state index contributed by atoms with van der Waals surface area (Å²) in [5, 5.41) is 11.9. The zero-order valence-corrected chi connectivity index (χ0v) is 12.6. The summed E-state index contributed by atoms with van der Waals surface area (Å²) in [5.41, 5.74) is 6.13. The number of rotatable bonds is 7. The number of nitrogens with two attached hydrogens (primary N) is 1. The van der Waals surface area contributed by atoms with Crippen molar-refractivity contribution in [1.29, 1.82) is 0 Å². The number of hydrogen-bond acceptors (Lipinski definition) is 6. The highest BCUT2D eigenvalue weighted by Crippen LogP contribution is 2.19. The van der Waals surface area contributed by atoms with Crippen LogP contribution in [0.4, 0.5) is 0 Å². The van der Waals surface area contributed by atoms with E-state index in [1.54, 1.807) is 24.2 Å². The number of halogens is 1. The first-order valence-corrected chi connectivity index (χ1v) is 6.81. The first-order chi connectivity index (χ1) is 9.67. The van der Waals surface area contributed by atoms with E-state index in [0.717, 1.165) is 0 Å². The molecule has 2 aromatic heterocycles. The molecule has 0 unspecified atom stereocenters. The van der Waals surface area contributed by atoms with Crippen molar-refractivity contribution in [1.82, 2.24) is 24.8 Å². The smallest absolute Gasteiger partial charge is 0.234 e. The largest absolute Gasteiger partial charge is 0.383 e. The minimum absolute atomic E-state index is 0.242. The molecule has 0 saturated heterocycles. The van der Waals surface area contributed by atoms with Crippen LogP contribution in [0.2, 0.25) is 0 Å². The highest BCUT2D eigenvalue weighted by Gasteiger charge is 2.21. The molecular formula is C11H15BrN6O2. The Kier molecular flexibility index (Phi) is 4.99. The summed E-state index contributed by atoms with van der Waals surface area (Å²) < 4.78 is 8.74. The Labute approximate surface area is 124 Å². The quantitative estimate of drug-likeness (QED) is 0.714. The molecule has 9 heteroatoms. The second-order valence-corrected chi connectivity index (χ2v) is 4.90. The number of ketones is 1. The van der Waals surface area contributed by atoms with Gasteiger partial charge in [-0.25, -0.2) is 0 Å². The van der Waals surface area contributed by atoms with Gasteiger partial charge in [0.25, 0.3) is 0 Å². The second kappa shape index (κ2) is 6.73. The molecule has 0 bridgehead atoms. The van der Waals surface area contributed by atoms with Crippen LogP contribution in [0.15, 0.2) is 16.9 Å².